The lowest BCUT2D eigenvalue weighted by Crippen LogP contribution is -2.62. The molecule has 748 valence electrons. The Morgan fingerprint density at radius 2 is 0.722 bits per heavy atom. The summed E-state index contributed by atoms with van der Waals surface area (Å²) in [5.74, 6) is 0. The van der Waals surface area contributed by atoms with Gasteiger partial charge in [0.25, 0.3) is 0 Å². The molecular weight excluding hydrogens is 1860 g/mol. The first-order chi connectivity index (χ1) is 68.4. The monoisotopic (exact) mass is 2020 g/mol. The van der Waals surface area contributed by atoms with Crippen LogP contribution in [0, 0.1) is 0 Å². The van der Waals surface area contributed by atoms with Crippen molar-refractivity contribution in [2.45, 2.75) is 165 Å². The number of benzene rings is 9. The number of aryl methyl sites for hydroxylation is 3. The van der Waals surface area contributed by atoms with Gasteiger partial charge in [-0.2, -0.15) is 0 Å². The largest absolute Gasteiger partial charge is 0.385 e. The number of hydrogen-bond acceptors (Lipinski definition) is 12. The summed E-state index contributed by atoms with van der Waals surface area (Å²) in [6.45, 7) is 53.6. The van der Waals surface area contributed by atoms with Gasteiger partial charge in [-0.15, -0.1) is 0 Å². The summed E-state index contributed by atoms with van der Waals surface area (Å²) in [6.07, 6.45) is 28.6. The minimum Gasteiger partial charge on any atom is -0.385 e. The SMILES string of the molecule is CCN(CC)c1ccc2c(c1)[Si](C)(C)C1=CC(=[N+](CC)CC)C=CC1=N2.CCNc1ccc2c(c1)[Si](C)(C)C1=CC(=[N+](C)C)C=CC1=N2.CC[N+]1=c2cc3c(cc2CCC1)=Nc1ccc(N(C)C)cc1[Si]3(C)C.CN(C)c1ccc2c(c1)[Si](C)(C)C1=CC(=[N+](C)C)C=CC1=N2.CN(C)c1ccc2c(c1)[Si](C)(C)c1cc3c(cc1=N2)CC[N+]=3C.CN1CCCc2cc3c(cc21)[Si](C)(C)c1cc2c(cc1=N3)CCC[N+]=2C. The molecule has 0 fully saturated rings. The fourth-order valence-corrected chi connectivity index (χ4v) is 40.6. The topological polar surface area (TPSA) is 120 Å². The van der Waals surface area contributed by atoms with Crippen LogP contribution in [0.25, 0.3) is 0 Å². The molecule has 10 heterocycles. The van der Waals surface area contributed by atoms with Crippen molar-refractivity contribution in [3.63, 3.8) is 0 Å². The van der Waals surface area contributed by atoms with Crippen LogP contribution in [0.1, 0.15) is 83.1 Å². The Bertz CT molecular complexity index is 7590. The number of aliphatic imine (C=N–C) groups is 3. The summed E-state index contributed by atoms with van der Waals surface area (Å²) in [4.78, 5) is 41.4. The molecule has 0 unspecified atom stereocenters. The Kier molecular flexibility index (Phi) is 29.5. The minimum atomic E-state index is -1.78. The zero-order valence-electron chi connectivity index (χ0n) is 92.6. The van der Waals surface area contributed by atoms with Gasteiger partial charge in [0.15, 0.2) is 17.1 Å². The van der Waals surface area contributed by atoms with Crippen molar-refractivity contribution in [2.24, 2.45) is 30.0 Å². The highest BCUT2D eigenvalue weighted by molar-refractivity contribution is 7.04. The molecule has 10 aliphatic heterocycles. The van der Waals surface area contributed by atoms with Gasteiger partial charge in [-0.25, -0.2) is 57.4 Å². The highest BCUT2D eigenvalue weighted by atomic mass is 28.3. The molecule has 0 saturated carbocycles. The number of allylic oxidation sites excluding steroid dienone is 12. The van der Waals surface area contributed by atoms with E-state index in [0.717, 1.165) is 75.0 Å². The van der Waals surface area contributed by atoms with E-state index in [2.05, 4.69) is 463 Å². The van der Waals surface area contributed by atoms with Gasteiger partial charge in [-0.3, -0.25) is 0 Å². The molecule has 22 rings (SSSR count). The van der Waals surface area contributed by atoms with Crippen LogP contribution < -0.4 is 122 Å². The Morgan fingerprint density at radius 1 is 0.354 bits per heavy atom. The summed E-state index contributed by atoms with van der Waals surface area (Å²) >= 11 is 0. The van der Waals surface area contributed by atoms with Crippen LogP contribution in [0.15, 0.2) is 240 Å². The van der Waals surface area contributed by atoms with Gasteiger partial charge in [-0.05, 0) is 275 Å². The molecule has 0 bridgehead atoms. The zero-order valence-corrected chi connectivity index (χ0v) is 98.6. The van der Waals surface area contributed by atoms with E-state index in [-0.39, 0.29) is 0 Å². The number of likely N-dealkylation sites (N-methyl/N-ethyl adjacent to an activating group) is 1. The first-order valence-corrected chi connectivity index (χ1v) is 71.1. The first kappa shape index (κ1) is 104. The van der Waals surface area contributed by atoms with Crippen LogP contribution in [0.4, 0.5) is 68.2 Å². The lowest BCUT2D eigenvalue weighted by molar-refractivity contribution is -0.519. The summed E-state index contributed by atoms with van der Waals surface area (Å²) in [6, 6.07) is 53.0. The molecule has 9 aromatic rings. The Labute approximate surface area is 864 Å². The average molecular weight is 2020 g/mol. The van der Waals surface area contributed by atoms with Crippen molar-refractivity contribution in [2.75, 3.05) is 187 Å². The molecule has 9 aromatic carbocycles. The second kappa shape index (κ2) is 41.0. The van der Waals surface area contributed by atoms with Crippen molar-refractivity contribution < 1.29 is 13.7 Å². The fourth-order valence-electron chi connectivity index (χ4n) is 23.5. The van der Waals surface area contributed by atoms with Crippen LogP contribution in [-0.4, -0.2) is 254 Å². The van der Waals surface area contributed by atoms with Gasteiger partial charge in [0.2, 0.25) is 16.1 Å². The predicted octanol–water partition coefficient (Wildman–Crippen LogP) is 12.5. The maximum atomic E-state index is 5.17. The Balaban J connectivity index is 0.000000119. The molecule has 24 heteroatoms. The number of rotatable bonds is 11. The third-order valence-electron chi connectivity index (χ3n) is 32.8. The zero-order chi connectivity index (χ0) is 103. The molecule has 144 heavy (non-hydrogen) atoms. The molecular formula is C120H160N18Si6+6. The van der Waals surface area contributed by atoms with E-state index in [9.17, 15) is 0 Å². The van der Waals surface area contributed by atoms with Crippen LogP contribution >= 0.6 is 0 Å². The third kappa shape index (κ3) is 19.7. The molecule has 0 spiro atoms. The van der Waals surface area contributed by atoms with Crippen molar-refractivity contribution in [1.29, 1.82) is 0 Å². The van der Waals surface area contributed by atoms with E-state index < -0.39 is 48.4 Å². The smallest absolute Gasteiger partial charge is 0.203 e. The van der Waals surface area contributed by atoms with Gasteiger partial charge in [0.1, 0.15) is 130 Å². The molecule has 13 aliphatic rings. The summed E-state index contributed by atoms with van der Waals surface area (Å²) in [5.41, 5.74) is 28.0. The van der Waals surface area contributed by atoms with Crippen molar-refractivity contribution in [3.05, 3.63) is 264 Å². The lowest BCUT2D eigenvalue weighted by Gasteiger charge is -2.34. The third-order valence-corrected chi connectivity index (χ3v) is 53.8. The summed E-state index contributed by atoms with van der Waals surface area (Å²) < 4.78 is 14.1. The van der Waals surface area contributed by atoms with E-state index in [0.29, 0.717) is 0 Å². The normalized spacial score (nSPS) is 18.0. The van der Waals surface area contributed by atoms with Gasteiger partial charge in [0, 0.05) is 200 Å². The van der Waals surface area contributed by atoms with Crippen LogP contribution in [0.3, 0.4) is 0 Å². The fraction of sp³-hybridized carbons (Fsp3) is 0.400. The van der Waals surface area contributed by atoms with Gasteiger partial charge in [0.05, 0.1) is 67.3 Å². The quantitative estimate of drug-likeness (QED) is 0.0782. The van der Waals surface area contributed by atoms with E-state index in [1.807, 2.05) is 0 Å². The van der Waals surface area contributed by atoms with Gasteiger partial charge < -0.3 is 29.8 Å². The van der Waals surface area contributed by atoms with Crippen molar-refractivity contribution in [3.8, 4) is 0 Å². The van der Waals surface area contributed by atoms with Crippen LogP contribution in [-0.2, 0) is 25.7 Å². The van der Waals surface area contributed by atoms with E-state index >= 15 is 0 Å². The van der Waals surface area contributed by atoms with E-state index in [1.165, 1.54) is 255 Å². The molecule has 0 radical (unpaired) electrons. The maximum absolute atomic E-state index is 5.17. The van der Waals surface area contributed by atoms with Crippen molar-refractivity contribution in [1.82, 2.24) is 13.7 Å². The number of nitrogens with zero attached hydrogens (tertiary/aromatic N) is 17. The highest BCUT2D eigenvalue weighted by Gasteiger charge is 2.45. The standard InChI is InChI=1S/C22H28N3Si.C22H32N3Si.C21H28N3Si.C19H24N3Si.C18H24N3Si.C18H23N3Si/c1-24-9-5-7-15-11-17-21(13-19(15)24)26(3,4)22-14-20-16(12-18(22)23-17)8-6-10-25(20)2;1-7-24(8-2)17-11-13-19-21(15-17)26(5,6)22-16-18(25(9-3)10-4)12-14-20(22)23-19;1-6-24-11-7-8-15-12-18-21(14-19(15)24)25(4,5)20-13-16(23(2)3)9-10-17(20)22-18;1-21(2)14-6-7-15-18(11-14)23(4,5)19-12-17-13(8-9-22(17)3)10-16(19)20-15;1-20(2)13-7-9-15-17(11-13)22(5,6)18-12-14(21(3)4)8-10-16(18)19-15;1-6-19-13-7-9-15-17(11-13)22(4,5)18-12-14(21(2)3)8-10-16(18)20-15/h11-14H,5-10H2,1-4H3;11-16H,7-10H2,1-6H3;9-10,12-14H,6-8,11H2,1-5H3;6-7,10-12H,8-9H2,1-5H3;7-12H,1-6H3;7-12H,6H2,1-5H3/q5*+1;/p+1. The predicted molar refractivity (Wildman–Crippen MR) is 638 cm³/mol. The molecule has 0 amide bonds. The lowest BCUT2D eigenvalue weighted by atomic mass is 10.0. The molecule has 18 nitrogen and oxygen atoms in total. The number of nitrogens with one attached hydrogen (secondary N) is 1. The van der Waals surface area contributed by atoms with Gasteiger partial charge in [-0.1, -0.05) is 78.6 Å². The van der Waals surface area contributed by atoms with Gasteiger partial charge >= 0.3 is 0 Å². The second-order valence-electron chi connectivity index (χ2n) is 45.3. The van der Waals surface area contributed by atoms with Crippen LogP contribution in [0.5, 0.6) is 0 Å². The second-order valence-corrected chi connectivity index (χ2v) is 71.3. The minimum absolute atomic E-state index is 0.944. The average Bonchev–Trinajstić information content (AvgIpc) is 0.942. The number of anilines is 6. The Morgan fingerprint density at radius 3 is 1.16 bits per heavy atom. The molecule has 3 aliphatic carbocycles. The highest BCUT2D eigenvalue weighted by Crippen LogP contribution is 2.38. The van der Waals surface area contributed by atoms with E-state index in [1.54, 1.807) is 0 Å². The number of hydrogen-bond donors (Lipinski definition) is 1. The maximum Gasteiger partial charge on any atom is 0.203 e. The molecule has 1 N–H and O–H groups in total. The molecule has 0 saturated heterocycles. The Hall–Kier alpha value is -11.7. The van der Waals surface area contributed by atoms with Crippen LogP contribution in [0.2, 0.25) is 78.6 Å². The first-order valence-electron chi connectivity index (χ1n) is 53.1. The molecule has 0 atom stereocenters. The molecule has 0 aromatic heterocycles. The van der Waals surface area contributed by atoms with Crippen molar-refractivity contribution >= 4 is 198 Å². The van der Waals surface area contributed by atoms with E-state index in [4.69, 9.17) is 30.0 Å². The number of fused-ring (bicyclic) bond motifs is 16. The summed E-state index contributed by atoms with van der Waals surface area (Å²) in [5, 5.41) is 29.0. The summed E-state index contributed by atoms with van der Waals surface area (Å²) in [7, 11) is 17.2.